The van der Waals surface area contributed by atoms with Crippen LogP contribution in [-0.4, -0.2) is 66.8 Å². The van der Waals surface area contributed by atoms with Gasteiger partial charge in [-0.15, -0.1) is 0 Å². The molecule has 0 aromatic carbocycles. The normalized spacial score (nSPS) is 27.5. The van der Waals surface area contributed by atoms with E-state index < -0.39 is 60.2 Å². The van der Waals surface area contributed by atoms with Crippen LogP contribution in [-0.2, 0) is 47.6 Å². The average molecular weight is 404 g/mol. The van der Waals surface area contributed by atoms with Gasteiger partial charge >= 0.3 is 23.9 Å². The van der Waals surface area contributed by atoms with Crippen molar-refractivity contribution in [3.05, 3.63) is 0 Å². The summed E-state index contributed by atoms with van der Waals surface area (Å²) in [6.45, 7) is 9.66. The summed E-state index contributed by atoms with van der Waals surface area (Å²) < 4.78 is 32.5. The average Bonchev–Trinajstić information content (AvgIpc) is 2.48. The quantitative estimate of drug-likeness (QED) is 0.465. The maximum Gasteiger partial charge on any atom is 0.303 e. The highest BCUT2D eigenvalue weighted by Crippen LogP contribution is 2.31. The van der Waals surface area contributed by atoms with Gasteiger partial charge in [0, 0.05) is 27.7 Å². The Bertz CT molecular complexity index is 594. The van der Waals surface area contributed by atoms with Gasteiger partial charge in [0.25, 0.3) is 0 Å². The number of hydrogen-bond donors (Lipinski definition) is 0. The zero-order valence-corrected chi connectivity index (χ0v) is 17.2. The first-order valence-corrected chi connectivity index (χ1v) is 8.78. The Labute approximate surface area is 163 Å². The molecule has 10 nitrogen and oxygen atoms in total. The molecule has 1 heterocycles. The van der Waals surface area contributed by atoms with E-state index in [-0.39, 0.29) is 6.61 Å². The van der Waals surface area contributed by atoms with E-state index in [0.717, 1.165) is 13.8 Å². The van der Waals surface area contributed by atoms with Crippen LogP contribution in [0.4, 0.5) is 0 Å². The van der Waals surface area contributed by atoms with Gasteiger partial charge in [-0.1, -0.05) is 0 Å². The van der Waals surface area contributed by atoms with E-state index >= 15 is 0 Å². The van der Waals surface area contributed by atoms with Gasteiger partial charge in [0.2, 0.25) is 0 Å². The Morgan fingerprint density at radius 2 is 1.21 bits per heavy atom. The van der Waals surface area contributed by atoms with Crippen LogP contribution in [0.3, 0.4) is 0 Å². The van der Waals surface area contributed by atoms with Gasteiger partial charge < -0.3 is 28.4 Å². The van der Waals surface area contributed by atoms with Crippen LogP contribution in [0.15, 0.2) is 0 Å². The second-order valence-electron chi connectivity index (χ2n) is 7.30. The van der Waals surface area contributed by atoms with Gasteiger partial charge in [-0.05, 0) is 20.8 Å². The molecule has 0 saturated carbocycles. The van der Waals surface area contributed by atoms with E-state index in [9.17, 15) is 19.2 Å². The van der Waals surface area contributed by atoms with Gasteiger partial charge in [0.1, 0.15) is 12.7 Å². The summed E-state index contributed by atoms with van der Waals surface area (Å²) in [5, 5.41) is 0. The third-order valence-electron chi connectivity index (χ3n) is 3.42. The Hall–Kier alpha value is -2.20. The van der Waals surface area contributed by atoms with Crippen LogP contribution in [0.25, 0.3) is 0 Å². The second-order valence-corrected chi connectivity index (χ2v) is 7.30. The standard InChI is InChI=1S/C18H28O10/c1-9(19)23-8-13-14(24-10(2)20)15(25-11(3)21)16(26-12(4)22)17(27-13)28-18(5,6)7/h13-17H,8H2,1-7H3/t13-,14-,15+,16-,17+/m0/s1. The molecule has 1 rings (SSSR count). The van der Waals surface area contributed by atoms with E-state index in [1.807, 2.05) is 0 Å². The minimum atomic E-state index is -1.23. The highest BCUT2D eigenvalue weighted by molar-refractivity contribution is 5.68. The lowest BCUT2D eigenvalue weighted by Crippen LogP contribution is -2.63. The summed E-state index contributed by atoms with van der Waals surface area (Å²) >= 11 is 0. The SMILES string of the molecule is CC(=O)OC[C@@H]1O[C@H](OC(C)(C)C)[C@@H](OC(C)=O)[C@H](OC(C)=O)[C@H]1OC(C)=O. The first kappa shape index (κ1) is 23.8. The molecule has 0 aliphatic carbocycles. The van der Waals surface area contributed by atoms with Gasteiger partial charge in [0.05, 0.1) is 5.60 Å². The zero-order valence-electron chi connectivity index (χ0n) is 17.2. The summed E-state index contributed by atoms with van der Waals surface area (Å²) in [7, 11) is 0. The van der Waals surface area contributed by atoms with Crippen LogP contribution >= 0.6 is 0 Å². The molecular weight excluding hydrogens is 376 g/mol. The molecule has 0 spiro atoms. The number of carbonyl (C=O) groups excluding carboxylic acids is 4. The van der Waals surface area contributed by atoms with Crippen LogP contribution in [0, 0.1) is 0 Å². The molecule has 0 aromatic heterocycles. The molecule has 0 bridgehead atoms. The minimum Gasteiger partial charge on any atom is -0.463 e. The molecule has 0 aromatic rings. The fraction of sp³-hybridized carbons (Fsp3) is 0.778. The van der Waals surface area contributed by atoms with Gasteiger partial charge in [-0.3, -0.25) is 19.2 Å². The van der Waals surface area contributed by atoms with E-state index in [1.54, 1.807) is 20.8 Å². The van der Waals surface area contributed by atoms with Crippen LogP contribution in [0.1, 0.15) is 48.5 Å². The summed E-state index contributed by atoms with van der Waals surface area (Å²) in [6.07, 6.45) is -5.81. The fourth-order valence-electron chi connectivity index (χ4n) is 2.63. The molecule has 0 N–H and O–H groups in total. The fourth-order valence-corrected chi connectivity index (χ4v) is 2.63. The number of ether oxygens (including phenoxy) is 6. The largest absolute Gasteiger partial charge is 0.463 e. The maximum absolute atomic E-state index is 11.7. The summed E-state index contributed by atoms with van der Waals surface area (Å²) in [4.78, 5) is 46.1. The van der Waals surface area contributed by atoms with E-state index in [2.05, 4.69) is 0 Å². The molecule has 10 heteroatoms. The number of carbonyl (C=O) groups is 4. The molecule has 0 amide bonds. The highest BCUT2D eigenvalue weighted by Gasteiger charge is 2.53. The van der Waals surface area contributed by atoms with Crippen LogP contribution in [0.5, 0.6) is 0 Å². The van der Waals surface area contributed by atoms with Crippen molar-refractivity contribution in [2.45, 2.75) is 84.8 Å². The molecule has 0 radical (unpaired) electrons. The maximum atomic E-state index is 11.7. The van der Waals surface area contributed by atoms with Crippen molar-refractivity contribution in [1.29, 1.82) is 0 Å². The summed E-state index contributed by atoms with van der Waals surface area (Å²) in [5.74, 6) is -2.63. The monoisotopic (exact) mass is 404 g/mol. The number of esters is 4. The van der Waals surface area contributed by atoms with E-state index in [4.69, 9.17) is 28.4 Å². The minimum absolute atomic E-state index is 0.290. The Morgan fingerprint density at radius 3 is 1.64 bits per heavy atom. The predicted octanol–water partition coefficient (Wildman–Crippen LogP) is 0.885. The Kier molecular flexibility index (Phi) is 8.37. The third-order valence-corrected chi connectivity index (χ3v) is 3.42. The van der Waals surface area contributed by atoms with Gasteiger partial charge in [-0.25, -0.2) is 0 Å². The zero-order chi connectivity index (χ0) is 21.6. The number of rotatable bonds is 6. The van der Waals surface area contributed by atoms with Crippen molar-refractivity contribution in [2.75, 3.05) is 6.61 Å². The molecule has 1 aliphatic rings. The molecule has 1 aliphatic heterocycles. The van der Waals surface area contributed by atoms with E-state index in [1.165, 1.54) is 13.8 Å². The van der Waals surface area contributed by atoms with Crippen LogP contribution in [0.2, 0.25) is 0 Å². The van der Waals surface area contributed by atoms with Crippen molar-refractivity contribution in [3.8, 4) is 0 Å². The third kappa shape index (κ3) is 7.81. The van der Waals surface area contributed by atoms with Crippen molar-refractivity contribution in [3.63, 3.8) is 0 Å². The van der Waals surface area contributed by atoms with E-state index in [0.29, 0.717) is 0 Å². The smallest absolute Gasteiger partial charge is 0.303 e. The first-order valence-electron chi connectivity index (χ1n) is 8.78. The first-order chi connectivity index (χ1) is 12.8. The molecule has 28 heavy (non-hydrogen) atoms. The van der Waals surface area contributed by atoms with Crippen molar-refractivity contribution >= 4 is 23.9 Å². The molecule has 1 fully saturated rings. The van der Waals surface area contributed by atoms with Gasteiger partial charge in [0.15, 0.2) is 24.6 Å². The van der Waals surface area contributed by atoms with Crippen molar-refractivity contribution in [1.82, 2.24) is 0 Å². The molecule has 1 saturated heterocycles. The Morgan fingerprint density at radius 1 is 0.750 bits per heavy atom. The lowest BCUT2D eigenvalue weighted by atomic mass is 9.97. The molecule has 160 valence electrons. The predicted molar refractivity (Wildman–Crippen MR) is 92.8 cm³/mol. The van der Waals surface area contributed by atoms with Crippen molar-refractivity contribution in [2.24, 2.45) is 0 Å². The second kappa shape index (κ2) is 9.83. The Balaban J connectivity index is 3.33. The van der Waals surface area contributed by atoms with Gasteiger partial charge in [-0.2, -0.15) is 0 Å². The highest BCUT2D eigenvalue weighted by atomic mass is 16.7. The lowest BCUT2D eigenvalue weighted by Gasteiger charge is -2.45. The lowest BCUT2D eigenvalue weighted by molar-refractivity contribution is -0.325. The number of hydrogen-bond acceptors (Lipinski definition) is 10. The molecular formula is C18H28O10. The molecule has 5 atom stereocenters. The van der Waals surface area contributed by atoms with Crippen molar-refractivity contribution < 1.29 is 47.6 Å². The topological polar surface area (TPSA) is 124 Å². The van der Waals surface area contributed by atoms with Crippen LogP contribution < -0.4 is 0 Å². The summed E-state index contributed by atoms with van der Waals surface area (Å²) in [5.41, 5.74) is -0.718. The molecule has 0 unspecified atom stereocenters. The summed E-state index contributed by atoms with van der Waals surface area (Å²) in [6, 6.07) is 0.